The fraction of sp³-hybridized carbons (Fsp3) is 0.174. The zero-order valence-corrected chi connectivity index (χ0v) is 18.7. The number of rotatable bonds is 7. The van der Waals surface area contributed by atoms with Gasteiger partial charge in [-0.2, -0.15) is 13.2 Å². The molecule has 0 bridgehead atoms. The van der Waals surface area contributed by atoms with Gasteiger partial charge in [0.25, 0.3) is 0 Å². The summed E-state index contributed by atoms with van der Waals surface area (Å²) in [6.45, 7) is 0.973. The molecule has 3 nitrogen and oxygen atoms in total. The maximum absolute atomic E-state index is 13.1. The van der Waals surface area contributed by atoms with E-state index in [1.54, 1.807) is 0 Å². The molecular weight excluding hydrogens is 489 g/mol. The zero-order valence-electron chi connectivity index (χ0n) is 16.3. The van der Waals surface area contributed by atoms with E-state index in [0.717, 1.165) is 27.9 Å². The van der Waals surface area contributed by atoms with E-state index in [2.05, 4.69) is 20.9 Å². The highest BCUT2D eigenvalue weighted by atomic mass is 79.9. The third kappa shape index (κ3) is 5.43. The number of ether oxygens (including phenoxy) is 1. The van der Waals surface area contributed by atoms with Crippen molar-refractivity contribution in [1.82, 2.24) is 9.55 Å². The van der Waals surface area contributed by atoms with Gasteiger partial charge in [0, 0.05) is 10.2 Å². The second-order valence-corrected chi connectivity index (χ2v) is 8.80. The Morgan fingerprint density at radius 3 is 2.52 bits per heavy atom. The van der Waals surface area contributed by atoms with Gasteiger partial charge in [-0.1, -0.05) is 64.1 Å². The predicted molar refractivity (Wildman–Crippen MR) is 121 cm³/mol. The Morgan fingerprint density at radius 2 is 1.77 bits per heavy atom. The average molecular weight is 507 g/mol. The Labute approximate surface area is 190 Å². The lowest BCUT2D eigenvalue weighted by atomic mass is 10.2. The number of nitrogens with zero attached hydrogens (tertiary/aromatic N) is 2. The lowest BCUT2D eigenvalue weighted by molar-refractivity contribution is -0.137. The Balaban J connectivity index is 1.56. The molecule has 31 heavy (non-hydrogen) atoms. The van der Waals surface area contributed by atoms with Gasteiger partial charge in [0.1, 0.15) is 5.75 Å². The third-order valence-corrected chi connectivity index (χ3v) is 6.04. The molecule has 8 heteroatoms. The van der Waals surface area contributed by atoms with Crippen LogP contribution in [0.4, 0.5) is 13.2 Å². The van der Waals surface area contributed by atoms with Gasteiger partial charge in [-0.15, -0.1) is 0 Å². The SMILES string of the molecule is FC(F)(F)c1ccc2c(c1)nc(SCCOc1cccc(Br)c1)n2Cc1ccccc1. The van der Waals surface area contributed by atoms with Crippen molar-refractivity contribution >= 4 is 38.7 Å². The van der Waals surface area contributed by atoms with Crippen LogP contribution in [-0.4, -0.2) is 21.9 Å². The molecule has 1 heterocycles. The largest absolute Gasteiger partial charge is 0.493 e. The Morgan fingerprint density at radius 1 is 0.968 bits per heavy atom. The first kappa shape index (κ1) is 21.8. The summed E-state index contributed by atoms with van der Waals surface area (Å²) in [5.41, 5.74) is 1.36. The van der Waals surface area contributed by atoms with Crippen molar-refractivity contribution in [3.05, 3.63) is 88.4 Å². The van der Waals surface area contributed by atoms with Crippen molar-refractivity contribution in [1.29, 1.82) is 0 Å². The predicted octanol–water partition coefficient (Wildman–Crippen LogP) is 7.04. The number of alkyl halides is 3. The highest BCUT2D eigenvalue weighted by Crippen LogP contribution is 2.33. The highest BCUT2D eigenvalue weighted by Gasteiger charge is 2.31. The van der Waals surface area contributed by atoms with E-state index in [1.165, 1.54) is 17.8 Å². The lowest BCUT2D eigenvalue weighted by Gasteiger charge is -2.10. The summed E-state index contributed by atoms with van der Waals surface area (Å²) in [4.78, 5) is 4.50. The van der Waals surface area contributed by atoms with E-state index in [-0.39, 0.29) is 0 Å². The summed E-state index contributed by atoms with van der Waals surface area (Å²) in [6, 6.07) is 21.1. The average Bonchev–Trinajstić information content (AvgIpc) is 3.08. The van der Waals surface area contributed by atoms with Crippen molar-refractivity contribution in [2.75, 3.05) is 12.4 Å². The van der Waals surface area contributed by atoms with Crippen LogP contribution in [0.1, 0.15) is 11.1 Å². The van der Waals surface area contributed by atoms with Gasteiger partial charge in [-0.25, -0.2) is 4.98 Å². The molecule has 0 N–H and O–H groups in total. The van der Waals surface area contributed by atoms with Gasteiger partial charge < -0.3 is 9.30 Å². The standard InChI is InChI=1S/C23H18BrF3N2OS/c24-18-7-4-8-19(14-18)30-11-12-31-22-28-20-13-17(23(25,26)27)9-10-21(20)29(22)15-16-5-2-1-3-6-16/h1-10,13-14H,11-12,15H2. The van der Waals surface area contributed by atoms with Crippen molar-refractivity contribution in [3.8, 4) is 5.75 Å². The Bertz CT molecular complexity index is 1180. The molecule has 4 aromatic rings. The van der Waals surface area contributed by atoms with Crippen LogP contribution in [-0.2, 0) is 12.7 Å². The van der Waals surface area contributed by atoms with E-state index >= 15 is 0 Å². The van der Waals surface area contributed by atoms with Crippen LogP contribution in [0.15, 0.2) is 82.4 Å². The molecule has 3 aromatic carbocycles. The lowest BCUT2D eigenvalue weighted by Crippen LogP contribution is -2.05. The monoisotopic (exact) mass is 506 g/mol. The van der Waals surface area contributed by atoms with Crippen molar-refractivity contribution in [3.63, 3.8) is 0 Å². The first-order valence-corrected chi connectivity index (χ1v) is 11.3. The highest BCUT2D eigenvalue weighted by molar-refractivity contribution is 9.10. The number of aromatic nitrogens is 2. The molecule has 0 spiro atoms. The molecule has 1 aromatic heterocycles. The molecule has 0 atom stereocenters. The van der Waals surface area contributed by atoms with E-state index in [4.69, 9.17) is 4.74 Å². The van der Waals surface area contributed by atoms with Crippen LogP contribution >= 0.6 is 27.7 Å². The fourth-order valence-corrected chi connectivity index (χ4v) is 4.37. The number of imidazole rings is 1. The minimum atomic E-state index is -4.40. The fourth-order valence-electron chi connectivity index (χ4n) is 3.16. The first-order chi connectivity index (χ1) is 14.9. The second-order valence-electron chi connectivity index (χ2n) is 6.82. The molecule has 0 radical (unpaired) electrons. The number of hydrogen-bond acceptors (Lipinski definition) is 3. The summed E-state index contributed by atoms with van der Waals surface area (Å²) >= 11 is 4.87. The van der Waals surface area contributed by atoms with E-state index in [9.17, 15) is 13.2 Å². The van der Waals surface area contributed by atoms with Crippen LogP contribution in [0.2, 0.25) is 0 Å². The number of hydrogen-bond donors (Lipinski definition) is 0. The van der Waals surface area contributed by atoms with Gasteiger partial charge in [-0.05, 0) is 42.0 Å². The minimum absolute atomic E-state index is 0.334. The molecule has 160 valence electrons. The quantitative estimate of drug-likeness (QED) is 0.198. The Kier molecular flexibility index (Phi) is 6.57. The van der Waals surface area contributed by atoms with Gasteiger partial charge in [0.15, 0.2) is 5.16 Å². The summed E-state index contributed by atoms with van der Waals surface area (Å²) in [5, 5.41) is 0.663. The molecule has 0 aliphatic carbocycles. The van der Waals surface area contributed by atoms with Crippen LogP contribution in [0.25, 0.3) is 11.0 Å². The van der Waals surface area contributed by atoms with Gasteiger partial charge in [0.2, 0.25) is 0 Å². The number of fused-ring (bicyclic) bond motifs is 1. The number of benzene rings is 3. The van der Waals surface area contributed by atoms with Crippen molar-refractivity contribution in [2.45, 2.75) is 17.9 Å². The number of halogens is 4. The molecule has 0 saturated carbocycles. The molecule has 0 aliphatic heterocycles. The summed E-state index contributed by atoms with van der Waals surface area (Å²) in [7, 11) is 0. The summed E-state index contributed by atoms with van der Waals surface area (Å²) in [6.07, 6.45) is -4.40. The Hall–Kier alpha value is -2.45. The van der Waals surface area contributed by atoms with Crippen molar-refractivity contribution in [2.24, 2.45) is 0 Å². The first-order valence-electron chi connectivity index (χ1n) is 9.53. The van der Waals surface area contributed by atoms with Crippen LogP contribution in [0.3, 0.4) is 0 Å². The maximum Gasteiger partial charge on any atom is 0.416 e. The van der Waals surface area contributed by atoms with Crippen LogP contribution < -0.4 is 4.74 Å². The van der Waals surface area contributed by atoms with Gasteiger partial charge in [-0.3, -0.25) is 0 Å². The third-order valence-electron chi connectivity index (χ3n) is 4.60. The molecule has 0 unspecified atom stereocenters. The second kappa shape index (κ2) is 9.36. The summed E-state index contributed by atoms with van der Waals surface area (Å²) in [5.74, 6) is 1.36. The molecule has 0 aliphatic rings. The van der Waals surface area contributed by atoms with Crippen molar-refractivity contribution < 1.29 is 17.9 Å². The summed E-state index contributed by atoms with van der Waals surface area (Å²) < 4.78 is 48.1. The van der Waals surface area contributed by atoms with E-state index < -0.39 is 11.7 Å². The topological polar surface area (TPSA) is 27.1 Å². The van der Waals surface area contributed by atoms with E-state index in [1.807, 2.05) is 59.2 Å². The van der Waals surface area contributed by atoms with Crippen LogP contribution in [0.5, 0.6) is 5.75 Å². The minimum Gasteiger partial charge on any atom is -0.493 e. The van der Waals surface area contributed by atoms with Crippen LogP contribution in [0, 0.1) is 0 Å². The van der Waals surface area contributed by atoms with Gasteiger partial charge >= 0.3 is 6.18 Å². The van der Waals surface area contributed by atoms with E-state index in [0.29, 0.717) is 35.1 Å². The molecule has 0 fully saturated rings. The molecule has 0 saturated heterocycles. The molecule has 4 rings (SSSR count). The smallest absolute Gasteiger partial charge is 0.416 e. The van der Waals surface area contributed by atoms with Gasteiger partial charge in [0.05, 0.1) is 29.7 Å². The normalized spacial score (nSPS) is 11.7. The maximum atomic E-state index is 13.1. The molecule has 0 amide bonds. The zero-order chi connectivity index (χ0) is 21.8. The number of thioether (sulfide) groups is 1. The molecular formula is C23H18BrF3N2OS.